The van der Waals surface area contributed by atoms with Crippen molar-refractivity contribution in [2.24, 2.45) is 0 Å². The molecule has 2 aromatic heterocycles. The van der Waals surface area contributed by atoms with Gasteiger partial charge >= 0.3 is 0 Å². The molecule has 0 unspecified atom stereocenters. The molecule has 4 nitrogen and oxygen atoms in total. The lowest BCUT2D eigenvalue weighted by atomic mass is 10.3. The van der Waals surface area contributed by atoms with Gasteiger partial charge in [0.05, 0.1) is 23.6 Å². The number of nitrogens with one attached hydrogen (secondary N) is 1. The van der Waals surface area contributed by atoms with Gasteiger partial charge in [0.2, 0.25) is 0 Å². The lowest BCUT2D eigenvalue weighted by molar-refractivity contribution is 0.990. The van der Waals surface area contributed by atoms with E-state index in [2.05, 4.69) is 20.3 Å². The molecule has 0 aliphatic carbocycles. The van der Waals surface area contributed by atoms with Crippen molar-refractivity contribution in [1.82, 2.24) is 15.0 Å². The van der Waals surface area contributed by atoms with Crippen LogP contribution in [-0.2, 0) is 6.54 Å². The first kappa shape index (κ1) is 11.8. The molecule has 0 aliphatic rings. The van der Waals surface area contributed by atoms with Gasteiger partial charge in [-0.3, -0.25) is 4.98 Å². The number of pyridine rings is 1. The average Bonchev–Trinajstić information content (AvgIpc) is 2.33. The summed E-state index contributed by atoms with van der Waals surface area (Å²) in [5.41, 5.74) is 2.65. The summed E-state index contributed by atoms with van der Waals surface area (Å²) in [6, 6.07) is 5.76. The molecule has 17 heavy (non-hydrogen) atoms. The first-order chi connectivity index (χ1) is 8.16. The van der Waals surface area contributed by atoms with E-state index in [1.165, 1.54) is 0 Å². The molecule has 0 aliphatic heterocycles. The van der Waals surface area contributed by atoms with Gasteiger partial charge in [0.1, 0.15) is 0 Å². The Morgan fingerprint density at radius 2 is 1.94 bits per heavy atom. The van der Waals surface area contributed by atoms with E-state index in [1.807, 2.05) is 32.0 Å². The highest BCUT2D eigenvalue weighted by molar-refractivity contribution is 6.31. The summed E-state index contributed by atoms with van der Waals surface area (Å²) in [6.07, 6.45) is 1.75. The smallest absolute Gasteiger partial charge is 0.171 e. The molecule has 88 valence electrons. The Morgan fingerprint density at radius 1 is 1.18 bits per heavy atom. The maximum absolute atomic E-state index is 6.01. The fourth-order valence-electron chi connectivity index (χ4n) is 1.37. The molecule has 2 aromatic rings. The molecule has 2 rings (SSSR count). The van der Waals surface area contributed by atoms with E-state index in [4.69, 9.17) is 11.6 Å². The SMILES string of the molecule is Cc1nc(Cl)c(NCc2ccccn2)nc1C. The predicted molar refractivity (Wildman–Crippen MR) is 68.1 cm³/mol. The normalized spacial score (nSPS) is 10.3. The van der Waals surface area contributed by atoms with Crippen molar-refractivity contribution >= 4 is 17.4 Å². The van der Waals surface area contributed by atoms with Gasteiger partial charge < -0.3 is 5.32 Å². The second-order valence-corrected chi connectivity index (χ2v) is 4.07. The Hall–Kier alpha value is -1.68. The molecule has 0 amide bonds. The van der Waals surface area contributed by atoms with Crippen LogP contribution in [0, 0.1) is 13.8 Å². The van der Waals surface area contributed by atoms with Gasteiger partial charge in [0.25, 0.3) is 0 Å². The number of hydrogen-bond acceptors (Lipinski definition) is 4. The minimum atomic E-state index is 0.393. The molecule has 0 bridgehead atoms. The minimum Gasteiger partial charge on any atom is -0.362 e. The van der Waals surface area contributed by atoms with Crippen LogP contribution in [0.4, 0.5) is 5.82 Å². The molecule has 0 spiro atoms. The van der Waals surface area contributed by atoms with Crippen LogP contribution in [0.3, 0.4) is 0 Å². The Balaban J connectivity index is 2.12. The number of nitrogens with zero attached hydrogens (tertiary/aromatic N) is 3. The molecule has 2 heterocycles. The summed E-state index contributed by atoms with van der Waals surface area (Å²) in [6.45, 7) is 4.37. The molecule has 0 atom stereocenters. The fourth-order valence-corrected chi connectivity index (χ4v) is 1.60. The highest BCUT2D eigenvalue weighted by atomic mass is 35.5. The van der Waals surface area contributed by atoms with Crippen LogP contribution in [0.2, 0.25) is 5.15 Å². The minimum absolute atomic E-state index is 0.393. The van der Waals surface area contributed by atoms with Crippen molar-refractivity contribution in [3.8, 4) is 0 Å². The van der Waals surface area contributed by atoms with E-state index in [0.717, 1.165) is 17.1 Å². The van der Waals surface area contributed by atoms with Crippen LogP contribution in [0.25, 0.3) is 0 Å². The van der Waals surface area contributed by atoms with Crippen LogP contribution < -0.4 is 5.32 Å². The van der Waals surface area contributed by atoms with E-state index in [0.29, 0.717) is 17.5 Å². The number of aromatic nitrogens is 3. The summed E-state index contributed by atoms with van der Waals surface area (Å²) in [5.74, 6) is 0.598. The van der Waals surface area contributed by atoms with E-state index in [1.54, 1.807) is 6.20 Å². The van der Waals surface area contributed by atoms with Crippen molar-refractivity contribution < 1.29 is 0 Å². The van der Waals surface area contributed by atoms with Crippen molar-refractivity contribution in [3.05, 3.63) is 46.6 Å². The number of rotatable bonds is 3. The fraction of sp³-hybridized carbons (Fsp3) is 0.250. The maximum atomic E-state index is 6.01. The van der Waals surface area contributed by atoms with Gasteiger partial charge in [-0.05, 0) is 26.0 Å². The number of anilines is 1. The van der Waals surface area contributed by atoms with E-state index >= 15 is 0 Å². The average molecular weight is 249 g/mol. The Morgan fingerprint density at radius 3 is 2.65 bits per heavy atom. The second-order valence-electron chi connectivity index (χ2n) is 3.71. The third kappa shape index (κ3) is 2.91. The number of halogens is 1. The van der Waals surface area contributed by atoms with Crippen molar-refractivity contribution in [3.63, 3.8) is 0 Å². The Labute approximate surface area is 105 Å². The zero-order valence-corrected chi connectivity index (χ0v) is 10.5. The van der Waals surface area contributed by atoms with Crippen LogP contribution in [0.5, 0.6) is 0 Å². The Kier molecular flexibility index (Phi) is 3.54. The van der Waals surface area contributed by atoms with E-state index in [-0.39, 0.29) is 0 Å². The van der Waals surface area contributed by atoms with Gasteiger partial charge in [-0.25, -0.2) is 9.97 Å². The van der Waals surface area contributed by atoms with Crippen molar-refractivity contribution in [1.29, 1.82) is 0 Å². The summed E-state index contributed by atoms with van der Waals surface area (Å²) < 4.78 is 0. The Bertz CT molecular complexity index is 513. The highest BCUT2D eigenvalue weighted by Gasteiger charge is 2.06. The molecular formula is C12H13ClN4. The van der Waals surface area contributed by atoms with Crippen LogP contribution in [-0.4, -0.2) is 15.0 Å². The molecule has 5 heteroatoms. The van der Waals surface area contributed by atoms with E-state index < -0.39 is 0 Å². The monoisotopic (exact) mass is 248 g/mol. The van der Waals surface area contributed by atoms with Crippen LogP contribution >= 0.6 is 11.6 Å². The van der Waals surface area contributed by atoms with Gasteiger partial charge in [0.15, 0.2) is 11.0 Å². The topological polar surface area (TPSA) is 50.7 Å². The third-order valence-corrected chi connectivity index (χ3v) is 2.69. The molecular weight excluding hydrogens is 236 g/mol. The molecule has 1 N–H and O–H groups in total. The summed E-state index contributed by atoms with van der Waals surface area (Å²) in [7, 11) is 0. The number of aryl methyl sites for hydroxylation is 2. The van der Waals surface area contributed by atoms with Crippen LogP contribution in [0.1, 0.15) is 17.1 Å². The first-order valence-electron chi connectivity index (χ1n) is 5.31. The van der Waals surface area contributed by atoms with Gasteiger partial charge in [-0.1, -0.05) is 17.7 Å². The lowest BCUT2D eigenvalue weighted by Crippen LogP contribution is -2.06. The van der Waals surface area contributed by atoms with E-state index in [9.17, 15) is 0 Å². The maximum Gasteiger partial charge on any atom is 0.171 e. The quantitative estimate of drug-likeness (QED) is 0.908. The standard InChI is InChI=1S/C12H13ClN4/c1-8-9(2)17-12(11(13)16-8)15-7-10-5-3-4-6-14-10/h3-6H,7H2,1-2H3,(H,15,17). The van der Waals surface area contributed by atoms with Crippen molar-refractivity contribution in [2.45, 2.75) is 20.4 Å². The highest BCUT2D eigenvalue weighted by Crippen LogP contribution is 2.18. The predicted octanol–water partition coefficient (Wildman–Crippen LogP) is 2.75. The van der Waals surface area contributed by atoms with Gasteiger partial charge in [0, 0.05) is 6.20 Å². The summed E-state index contributed by atoms with van der Waals surface area (Å²) >= 11 is 6.01. The first-order valence-corrected chi connectivity index (χ1v) is 5.69. The summed E-state index contributed by atoms with van der Waals surface area (Å²) in [4.78, 5) is 12.8. The third-order valence-electron chi connectivity index (χ3n) is 2.43. The lowest BCUT2D eigenvalue weighted by Gasteiger charge is -2.08. The molecule has 0 saturated carbocycles. The number of hydrogen-bond donors (Lipinski definition) is 1. The molecule has 0 saturated heterocycles. The second kappa shape index (κ2) is 5.10. The van der Waals surface area contributed by atoms with Crippen LogP contribution in [0.15, 0.2) is 24.4 Å². The molecule has 0 radical (unpaired) electrons. The van der Waals surface area contributed by atoms with Gasteiger partial charge in [-0.15, -0.1) is 0 Å². The molecule has 0 aromatic carbocycles. The zero-order valence-electron chi connectivity index (χ0n) is 9.74. The van der Waals surface area contributed by atoms with Crippen molar-refractivity contribution in [2.75, 3.05) is 5.32 Å². The molecule has 0 fully saturated rings. The zero-order chi connectivity index (χ0) is 12.3. The van der Waals surface area contributed by atoms with Gasteiger partial charge in [-0.2, -0.15) is 0 Å². The largest absolute Gasteiger partial charge is 0.362 e. The summed E-state index contributed by atoms with van der Waals surface area (Å²) in [5, 5.41) is 3.52.